The van der Waals surface area contributed by atoms with E-state index in [1.165, 1.54) is 13.2 Å². The highest BCUT2D eigenvalue weighted by molar-refractivity contribution is 6.33. The van der Waals surface area contributed by atoms with Crippen molar-refractivity contribution in [2.24, 2.45) is 0 Å². The number of nitrogens with one attached hydrogen (secondary N) is 1. The minimum absolute atomic E-state index is 0.00799. The third-order valence-electron chi connectivity index (χ3n) is 5.46. The molecule has 1 heterocycles. The average molecular weight is 496 g/mol. The van der Waals surface area contributed by atoms with Gasteiger partial charge in [0, 0.05) is 44.2 Å². The van der Waals surface area contributed by atoms with E-state index >= 15 is 0 Å². The molecular formula is C23H24Cl2FN3O4. The van der Waals surface area contributed by atoms with E-state index in [2.05, 4.69) is 5.32 Å². The van der Waals surface area contributed by atoms with Gasteiger partial charge in [0.2, 0.25) is 5.91 Å². The van der Waals surface area contributed by atoms with Crippen LogP contribution in [0.4, 0.5) is 4.39 Å². The highest BCUT2D eigenvalue weighted by Crippen LogP contribution is 2.29. The maximum Gasteiger partial charge on any atom is 0.327 e. The number of hydrogen-bond acceptors (Lipinski definition) is 5. The van der Waals surface area contributed by atoms with Crippen molar-refractivity contribution in [1.29, 1.82) is 0 Å². The van der Waals surface area contributed by atoms with Gasteiger partial charge in [0.15, 0.2) is 0 Å². The van der Waals surface area contributed by atoms with Crippen LogP contribution in [-0.4, -0.2) is 67.4 Å². The van der Waals surface area contributed by atoms with Crippen molar-refractivity contribution in [1.82, 2.24) is 15.1 Å². The third-order valence-corrected chi connectivity index (χ3v) is 6.11. The van der Waals surface area contributed by atoms with E-state index < -0.39 is 23.7 Å². The lowest BCUT2D eigenvalue weighted by Crippen LogP contribution is -2.51. The topological polar surface area (TPSA) is 79.0 Å². The summed E-state index contributed by atoms with van der Waals surface area (Å²) in [5.41, 5.74) is 0.806. The molecule has 10 heteroatoms. The van der Waals surface area contributed by atoms with Crippen molar-refractivity contribution in [3.8, 4) is 0 Å². The molecule has 2 amide bonds. The minimum atomic E-state index is -0.652. The van der Waals surface area contributed by atoms with Crippen LogP contribution < -0.4 is 5.32 Å². The number of ether oxygens (including phenoxy) is 1. The quantitative estimate of drug-likeness (QED) is 0.596. The molecule has 33 heavy (non-hydrogen) atoms. The smallest absolute Gasteiger partial charge is 0.327 e. The van der Waals surface area contributed by atoms with Crippen LogP contribution in [0.5, 0.6) is 0 Å². The Kier molecular flexibility index (Phi) is 8.66. The van der Waals surface area contributed by atoms with Gasteiger partial charge in [0.25, 0.3) is 5.91 Å². The summed E-state index contributed by atoms with van der Waals surface area (Å²) in [4.78, 5) is 40.9. The number of halogens is 3. The zero-order chi connectivity index (χ0) is 24.0. The highest BCUT2D eigenvalue weighted by atomic mass is 35.5. The summed E-state index contributed by atoms with van der Waals surface area (Å²) in [7, 11) is 1.33. The van der Waals surface area contributed by atoms with Gasteiger partial charge < -0.3 is 15.0 Å². The Morgan fingerprint density at radius 2 is 1.76 bits per heavy atom. The average Bonchev–Trinajstić information content (AvgIpc) is 2.80. The SMILES string of the molecule is COC(=O)C(c1ccccc1Cl)N1CCN(C(=O)CCNC(=O)c2ccc(F)cc2Cl)CC1. The molecule has 0 bridgehead atoms. The summed E-state index contributed by atoms with van der Waals surface area (Å²) in [5.74, 6) is -1.54. The zero-order valence-corrected chi connectivity index (χ0v) is 19.5. The molecule has 3 rings (SSSR count). The second kappa shape index (κ2) is 11.4. The van der Waals surface area contributed by atoms with Crippen molar-refractivity contribution in [2.75, 3.05) is 39.8 Å². The van der Waals surface area contributed by atoms with E-state index in [1.807, 2.05) is 11.0 Å². The lowest BCUT2D eigenvalue weighted by atomic mass is 10.0. The maximum absolute atomic E-state index is 13.1. The van der Waals surface area contributed by atoms with Gasteiger partial charge in [0.1, 0.15) is 11.9 Å². The Hall–Kier alpha value is -2.68. The standard InChI is InChI=1S/C23H24Cl2FN3O4/c1-33-23(32)21(16-4-2-3-5-18(16)24)29-12-10-28(11-13-29)20(30)8-9-27-22(31)17-7-6-15(26)14-19(17)25/h2-7,14,21H,8-13H2,1H3,(H,27,31). The Labute approximate surface area is 201 Å². The number of amides is 2. The first-order chi connectivity index (χ1) is 15.8. The van der Waals surface area contributed by atoms with Gasteiger partial charge >= 0.3 is 5.97 Å². The van der Waals surface area contributed by atoms with Crippen molar-refractivity contribution in [3.05, 3.63) is 69.5 Å². The van der Waals surface area contributed by atoms with Gasteiger partial charge in [-0.05, 0) is 29.8 Å². The molecule has 1 aliphatic heterocycles. The fraction of sp³-hybridized carbons (Fsp3) is 0.348. The van der Waals surface area contributed by atoms with Crippen LogP contribution in [0.3, 0.4) is 0 Å². The number of carbonyl (C=O) groups is 3. The van der Waals surface area contributed by atoms with E-state index in [0.717, 1.165) is 12.1 Å². The van der Waals surface area contributed by atoms with E-state index in [0.29, 0.717) is 36.8 Å². The Bertz CT molecular complexity index is 1030. The van der Waals surface area contributed by atoms with Gasteiger partial charge in [0.05, 0.1) is 17.7 Å². The molecule has 1 N–H and O–H groups in total. The highest BCUT2D eigenvalue weighted by Gasteiger charge is 2.33. The van der Waals surface area contributed by atoms with E-state index in [9.17, 15) is 18.8 Å². The molecule has 1 unspecified atom stereocenters. The molecule has 176 valence electrons. The normalized spacial score (nSPS) is 15.1. The second-order valence-corrected chi connectivity index (χ2v) is 8.31. The molecule has 1 saturated heterocycles. The number of methoxy groups -OCH3 is 1. The molecule has 0 radical (unpaired) electrons. The summed E-state index contributed by atoms with van der Waals surface area (Å²) < 4.78 is 18.1. The van der Waals surface area contributed by atoms with Crippen molar-refractivity contribution < 1.29 is 23.5 Å². The molecule has 0 aromatic heterocycles. The molecule has 7 nitrogen and oxygen atoms in total. The lowest BCUT2D eigenvalue weighted by Gasteiger charge is -2.38. The monoisotopic (exact) mass is 495 g/mol. The number of rotatable bonds is 7. The fourth-order valence-electron chi connectivity index (χ4n) is 3.72. The van der Waals surface area contributed by atoms with Gasteiger partial charge in [-0.15, -0.1) is 0 Å². The fourth-order valence-corrected chi connectivity index (χ4v) is 4.21. The number of piperazine rings is 1. The van der Waals surface area contributed by atoms with Crippen LogP contribution in [0.25, 0.3) is 0 Å². The van der Waals surface area contributed by atoms with Gasteiger partial charge in [-0.2, -0.15) is 0 Å². The van der Waals surface area contributed by atoms with Gasteiger partial charge in [-0.1, -0.05) is 41.4 Å². The number of nitrogens with zero attached hydrogens (tertiary/aromatic N) is 2. The van der Waals surface area contributed by atoms with Crippen molar-refractivity contribution >= 4 is 41.0 Å². The molecule has 2 aromatic carbocycles. The molecular weight excluding hydrogens is 472 g/mol. The van der Waals surface area contributed by atoms with Crippen molar-refractivity contribution in [2.45, 2.75) is 12.5 Å². The minimum Gasteiger partial charge on any atom is -0.468 e. The molecule has 0 aliphatic carbocycles. The Morgan fingerprint density at radius 1 is 1.06 bits per heavy atom. The Balaban J connectivity index is 1.52. The molecule has 2 aromatic rings. The summed E-state index contributed by atoms with van der Waals surface area (Å²) in [6.45, 7) is 1.90. The van der Waals surface area contributed by atoms with E-state index in [1.54, 1.807) is 23.1 Å². The van der Waals surface area contributed by atoms with Crippen LogP contribution >= 0.6 is 23.2 Å². The third kappa shape index (κ3) is 6.22. The predicted molar refractivity (Wildman–Crippen MR) is 123 cm³/mol. The van der Waals surface area contributed by atoms with Crippen LogP contribution in [0.1, 0.15) is 28.4 Å². The number of esters is 1. The first-order valence-electron chi connectivity index (χ1n) is 10.4. The lowest BCUT2D eigenvalue weighted by molar-refractivity contribution is -0.148. The summed E-state index contributed by atoms with van der Waals surface area (Å²) in [6, 6.07) is 9.97. The molecule has 0 spiro atoms. The number of benzene rings is 2. The van der Waals surface area contributed by atoms with Crippen LogP contribution in [0.15, 0.2) is 42.5 Å². The molecule has 1 aliphatic rings. The van der Waals surface area contributed by atoms with Crippen LogP contribution in [0, 0.1) is 5.82 Å². The summed E-state index contributed by atoms with van der Waals surface area (Å²) >= 11 is 12.2. The van der Waals surface area contributed by atoms with Gasteiger partial charge in [-0.3, -0.25) is 14.5 Å². The zero-order valence-electron chi connectivity index (χ0n) is 18.0. The number of carbonyl (C=O) groups excluding carboxylic acids is 3. The van der Waals surface area contributed by atoms with Crippen LogP contribution in [0.2, 0.25) is 10.0 Å². The molecule has 0 saturated carbocycles. The van der Waals surface area contributed by atoms with E-state index in [4.69, 9.17) is 27.9 Å². The summed E-state index contributed by atoms with van der Waals surface area (Å²) in [5, 5.41) is 3.11. The largest absolute Gasteiger partial charge is 0.468 e. The molecule has 1 fully saturated rings. The van der Waals surface area contributed by atoms with E-state index in [-0.39, 0.29) is 29.5 Å². The maximum atomic E-state index is 13.1. The Morgan fingerprint density at radius 3 is 2.39 bits per heavy atom. The first-order valence-corrected chi connectivity index (χ1v) is 11.1. The predicted octanol–water partition coefficient (Wildman–Crippen LogP) is 3.31. The number of hydrogen-bond donors (Lipinski definition) is 1. The molecule has 1 atom stereocenters. The van der Waals surface area contributed by atoms with Crippen molar-refractivity contribution in [3.63, 3.8) is 0 Å². The second-order valence-electron chi connectivity index (χ2n) is 7.49. The first kappa shape index (κ1) is 25.0. The van der Waals surface area contributed by atoms with Crippen LogP contribution in [-0.2, 0) is 14.3 Å². The summed E-state index contributed by atoms with van der Waals surface area (Å²) in [6.07, 6.45) is 0.107. The van der Waals surface area contributed by atoms with Gasteiger partial charge in [-0.25, -0.2) is 9.18 Å².